The van der Waals surface area contributed by atoms with Gasteiger partial charge in [0.2, 0.25) is 15.9 Å². The molecule has 8 nitrogen and oxygen atoms in total. The van der Waals surface area contributed by atoms with Gasteiger partial charge in [-0.3, -0.25) is 4.79 Å². The monoisotopic (exact) mass is 396 g/mol. The molecule has 0 aliphatic carbocycles. The molecular formula is C18H28N4O4S. The lowest BCUT2D eigenvalue weighted by Gasteiger charge is -2.32. The number of nitrogens with two attached hydrogens (primary N) is 1. The summed E-state index contributed by atoms with van der Waals surface area (Å²) in [5.74, 6) is -0.224. The summed E-state index contributed by atoms with van der Waals surface area (Å²) >= 11 is 0. The van der Waals surface area contributed by atoms with E-state index in [-0.39, 0.29) is 23.5 Å². The highest BCUT2D eigenvalue weighted by atomic mass is 32.2. The van der Waals surface area contributed by atoms with E-state index in [1.807, 2.05) is 7.05 Å². The van der Waals surface area contributed by atoms with Gasteiger partial charge in [-0.05, 0) is 31.5 Å². The molecule has 0 radical (unpaired) electrons. The summed E-state index contributed by atoms with van der Waals surface area (Å²) in [6.45, 7) is 2.90. The number of benzene rings is 1. The molecule has 9 heteroatoms. The van der Waals surface area contributed by atoms with Gasteiger partial charge in [0.15, 0.2) is 0 Å². The van der Waals surface area contributed by atoms with Crippen molar-refractivity contribution in [2.45, 2.75) is 36.5 Å². The summed E-state index contributed by atoms with van der Waals surface area (Å²) < 4.78 is 33.2. The number of rotatable bonds is 6. The summed E-state index contributed by atoms with van der Waals surface area (Å²) in [6.07, 6.45) is 0.809. The average Bonchev–Trinajstić information content (AvgIpc) is 3.16. The minimum Gasteiger partial charge on any atom is -0.364 e. The molecule has 3 rings (SSSR count). The molecular weight excluding hydrogens is 368 g/mol. The number of ether oxygens (including phenoxy) is 1. The predicted molar refractivity (Wildman–Crippen MR) is 101 cm³/mol. The molecule has 2 atom stereocenters. The van der Waals surface area contributed by atoms with Crippen LogP contribution < -0.4 is 11.1 Å². The second kappa shape index (κ2) is 8.66. The van der Waals surface area contributed by atoms with Gasteiger partial charge in [-0.1, -0.05) is 18.2 Å². The van der Waals surface area contributed by atoms with Crippen LogP contribution in [0.3, 0.4) is 0 Å². The van der Waals surface area contributed by atoms with Crippen molar-refractivity contribution in [3.05, 3.63) is 29.8 Å². The van der Waals surface area contributed by atoms with Crippen molar-refractivity contribution in [3.63, 3.8) is 0 Å². The van der Waals surface area contributed by atoms with E-state index >= 15 is 0 Å². The standard InChI is InChI=1S/C18H28N4O4S/c1-21-8-10-22(11-9-21)27(24,25)17-5-3-2-4-14(17)13-20-18(23)16-7-6-15(12-19)26-16/h2-5,15-16H,6-13,19H2,1H3,(H,20,23)/t15-,16+/m1/s1. The summed E-state index contributed by atoms with van der Waals surface area (Å²) in [7, 11) is -1.61. The van der Waals surface area contributed by atoms with Gasteiger partial charge in [-0.2, -0.15) is 4.31 Å². The maximum absolute atomic E-state index is 13.1. The van der Waals surface area contributed by atoms with Gasteiger partial charge in [0.05, 0.1) is 11.0 Å². The van der Waals surface area contributed by atoms with Crippen molar-refractivity contribution in [1.82, 2.24) is 14.5 Å². The summed E-state index contributed by atoms with van der Waals surface area (Å²) in [4.78, 5) is 14.7. The van der Waals surface area contributed by atoms with Gasteiger partial charge < -0.3 is 20.7 Å². The molecule has 0 aromatic heterocycles. The Labute approximate surface area is 160 Å². The first-order valence-electron chi connectivity index (χ1n) is 9.31. The van der Waals surface area contributed by atoms with E-state index in [2.05, 4.69) is 10.2 Å². The Morgan fingerprint density at radius 3 is 2.59 bits per heavy atom. The van der Waals surface area contributed by atoms with Crippen LogP contribution in [0.15, 0.2) is 29.2 Å². The molecule has 2 aliphatic rings. The summed E-state index contributed by atoms with van der Waals surface area (Å²) in [5, 5.41) is 2.81. The van der Waals surface area contributed by atoms with Gasteiger partial charge in [0, 0.05) is 39.3 Å². The highest BCUT2D eigenvalue weighted by Crippen LogP contribution is 2.22. The number of nitrogens with zero attached hydrogens (tertiary/aromatic N) is 2. The molecule has 0 unspecified atom stereocenters. The van der Waals surface area contributed by atoms with Crippen LogP contribution in [0.1, 0.15) is 18.4 Å². The zero-order valence-electron chi connectivity index (χ0n) is 15.6. The lowest BCUT2D eigenvalue weighted by atomic mass is 10.2. The summed E-state index contributed by atoms with van der Waals surface area (Å²) in [6, 6.07) is 6.83. The van der Waals surface area contributed by atoms with E-state index in [0.717, 1.165) is 6.42 Å². The van der Waals surface area contributed by atoms with Crippen molar-refractivity contribution >= 4 is 15.9 Å². The van der Waals surface area contributed by atoms with Crippen molar-refractivity contribution in [1.29, 1.82) is 0 Å². The van der Waals surface area contributed by atoms with Gasteiger partial charge in [0.1, 0.15) is 6.10 Å². The number of sulfonamides is 1. The average molecular weight is 397 g/mol. The predicted octanol–water partition coefficient (Wildman–Crippen LogP) is -0.255. The van der Waals surface area contributed by atoms with Crippen molar-refractivity contribution in [2.24, 2.45) is 5.73 Å². The lowest BCUT2D eigenvalue weighted by Crippen LogP contribution is -2.47. The van der Waals surface area contributed by atoms with Crippen molar-refractivity contribution in [2.75, 3.05) is 39.8 Å². The van der Waals surface area contributed by atoms with E-state index in [1.165, 1.54) is 4.31 Å². The van der Waals surface area contributed by atoms with E-state index in [9.17, 15) is 13.2 Å². The fraction of sp³-hybridized carbons (Fsp3) is 0.611. The number of carbonyl (C=O) groups excluding carboxylic acids is 1. The van der Waals surface area contributed by atoms with E-state index < -0.39 is 16.1 Å². The number of likely N-dealkylation sites (N-methyl/N-ethyl adjacent to an activating group) is 1. The maximum atomic E-state index is 13.1. The minimum atomic E-state index is -3.59. The smallest absolute Gasteiger partial charge is 0.249 e. The Morgan fingerprint density at radius 1 is 1.22 bits per heavy atom. The van der Waals surface area contributed by atoms with Crippen LogP contribution >= 0.6 is 0 Å². The summed E-state index contributed by atoms with van der Waals surface area (Å²) in [5.41, 5.74) is 6.16. The SMILES string of the molecule is CN1CCN(S(=O)(=O)c2ccccc2CNC(=O)[C@@H]2CC[C@H](CN)O2)CC1. The topological polar surface area (TPSA) is 105 Å². The van der Waals surface area contributed by atoms with Crippen LogP contribution in [0.25, 0.3) is 0 Å². The third kappa shape index (κ3) is 4.67. The molecule has 2 heterocycles. The van der Waals surface area contributed by atoms with Crippen LogP contribution in [0.2, 0.25) is 0 Å². The first-order chi connectivity index (χ1) is 12.9. The van der Waals surface area contributed by atoms with Gasteiger partial charge in [-0.15, -0.1) is 0 Å². The van der Waals surface area contributed by atoms with Crippen molar-refractivity contribution < 1.29 is 17.9 Å². The van der Waals surface area contributed by atoms with Gasteiger partial charge in [0.25, 0.3) is 0 Å². The second-order valence-electron chi connectivity index (χ2n) is 7.09. The zero-order chi connectivity index (χ0) is 19.4. The quantitative estimate of drug-likeness (QED) is 0.687. The molecule has 0 bridgehead atoms. The first kappa shape index (κ1) is 20.2. The second-order valence-corrected chi connectivity index (χ2v) is 9.00. The molecule has 0 saturated carbocycles. The minimum absolute atomic E-state index is 0.0781. The van der Waals surface area contributed by atoms with E-state index in [1.54, 1.807) is 24.3 Å². The fourth-order valence-electron chi connectivity index (χ4n) is 3.44. The molecule has 2 saturated heterocycles. The number of hydrogen-bond donors (Lipinski definition) is 2. The molecule has 27 heavy (non-hydrogen) atoms. The third-order valence-electron chi connectivity index (χ3n) is 5.17. The number of hydrogen-bond acceptors (Lipinski definition) is 6. The van der Waals surface area contributed by atoms with Crippen LogP contribution in [-0.2, 0) is 26.1 Å². The first-order valence-corrected chi connectivity index (χ1v) is 10.8. The van der Waals surface area contributed by atoms with Crippen LogP contribution in [-0.4, -0.2) is 75.5 Å². The zero-order valence-corrected chi connectivity index (χ0v) is 16.5. The van der Waals surface area contributed by atoms with Crippen molar-refractivity contribution in [3.8, 4) is 0 Å². The highest BCUT2D eigenvalue weighted by Gasteiger charge is 2.31. The number of carbonyl (C=O) groups is 1. The van der Waals surface area contributed by atoms with Gasteiger partial charge >= 0.3 is 0 Å². The molecule has 2 fully saturated rings. The third-order valence-corrected chi connectivity index (χ3v) is 7.17. The van der Waals surface area contributed by atoms with E-state index in [0.29, 0.717) is 44.7 Å². The Bertz CT molecular complexity index is 762. The molecule has 150 valence electrons. The fourth-order valence-corrected chi connectivity index (χ4v) is 5.08. The molecule has 3 N–H and O–H groups in total. The molecule has 0 spiro atoms. The van der Waals surface area contributed by atoms with E-state index in [4.69, 9.17) is 10.5 Å². The van der Waals surface area contributed by atoms with Crippen LogP contribution in [0, 0.1) is 0 Å². The Hall–Kier alpha value is -1.52. The molecule has 1 aromatic carbocycles. The molecule has 1 aromatic rings. The molecule has 2 aliphatic heterocycles. The van der Waals surface area contributed by atoms with Gasteiger partial charge in [-0.25, -0.2) is 8.42 Å². The number of nitrogens with one attached hydrogen (secondary N) is 1. The lowest BCUT2D eigenvalue weighted by molar-refractivity contribution is -0.132. The van der Waals surface area contributed by atoms with Crippen LogP contribution in [0.4, 0.5) is 0 Å². The number of piperazine rings is 1. The Kier molecular flexibility index (Phi) is 6.48. The largest absolute Gasteiger partial charge is 0.364 e. The maximum Gasteiger partial charge on any atom is 0.249 e. The molecule has 1 amide bonds. The van der Waals surface area contributed by atoms with Crippen LogP contribution in [0.5, 0.6) is 0 Å². The normalized spacial score (nSPS) is 24.8. The number of amides is 1. The highest BCUT2D eigenvalue weighted by molar-refractivity contribution is 7.89. The Balaban J connectivity index is 1.68. The Morgan fingerprint density at radius 2 is 1.93 bits per heavy atom.